The van der Waals surface area contributed by atoms with Gasteiger partial charge in [0.2, 0.25) is 0 Å². The van der Waals surface area contributed by atoms with Gasteiger partial charge in [0.05, 0.1) is 12.2 Å². The number of carbonyl (C=O) groups excluding carboxylic acids is 1. The van der Waals surface area contributed by atoms with Crippen LogP contribution in [0.1, 0.15) is 45.4 Å². The Kier molecular flexibility index (Phi) is 3.98. The first-order chi connectivity index (χ1) is 7.65. The number of ether oxygens (including phenoxy) is 1. The number of ketones is 1. The minimum atomic E-state index is 0.414. The largest absolute Gasteiger partial charge is 0.374 e. The van der Waals surface area contributed by atoms with E-state index in [0.717, 1.165) is 32.2 Å². The maximum Gasteiger partial charge on any atom is 0.133 e. The van der Waals surface area contributed by atoms with Crippen molar-refractivity contribution >= 4 is 5.78 Å². The minimum Gasteiger partial charge on any atom is -0.374 e. The molecule has 3 nitrogen and oxygen atoms in total. The summed E-state index contributed by atoms with van der Waals surface area (Å²) in [6.45, 7) is 3.18. The Bertz CT molecular complexity index is 244. The summed E-state index contributed by atoms with van der Waals surface area (Å²) in [5.74, 6) is 0.440. The first-order valence-corrected chi connectivity index (χ1v) is 6.52. The first kappa shape index (κ1) is 12.1. The van der Waals surface area contributed by atoms with E-state index in [2.05, 4.69) is 18.9 Å². The molecule has 2 fully saturated rings. The van der Waals surface area contributed by atoms with E-state index in [4.69, 9.17) is 4.74 Å². The third-order valence-corrected chi connectivity index (χ3v) is 3.95. The molecule has 3 heteroatoms. The van der Waals surface area contributed by atoms with Gasteiger partial charge in [-0.2, -0.15) is 0 Å². The molecule has 1 aliphatic carbocycles. The molecule has 2 rings (SSSR count). The van der Waals surface area contributed by atoms with Crippen molar-refractivity contribution in [2.75, 3.05) is 13.6 Å². The van der Waals surface area contributed by atoms with Gasteiger partial charge in [-0.1, -0.05) is 0 Å². The third kappa shape index (κ3) is 3.05. The van der Waals surface area contributed by atoms with E-state index >= 15 is 0 Å². The molecule has 1 saturated heterocycles. The molecule has 0 radical (unpaired) electrons. The fraction of sp³-hybridized carbons (Fsp3) is 0.923. The zero-order chi connectivity index (χ0) is 11.5. The van der Waals surface area contributed by atoms with Gasteiger partial charge < -0.3 is 9.64 Å². The summed E-state index contributed by atoms with van der Waals surface area (Å²) < 4.78 is 5.84. The highest BCUT2D eigenvalue weighted by Crippen LogP contribution is 2.23. The molecule has 0 aromatic heterocycles. The van der Waals surface area contributed by atoms with Crippen LogP contribution in [0.2, 0.25) is 0 Å². The standard InChI is InChI=1S/C13H23NO2/c1-10-3-8-13(16-10)9-14(2)11-4-6-12(15)7-5-11/h10-11,13H,3-9H2,1-2H3. The molecular formula is C13H23NO2. The number of rotatable bonds is 3. The van der Waals surface area contributed by atoms with Crippen LogP contribution in [0.4, 0.5) is 0 Å². The van der Waals surface area contributed by atoms with Crippen molar-refractivity contribution in [2.24, 2.45) is 0 Å². The van der Waals surface area contributed by atoms with Crippen molar-refractivity contribution in [3.63, 3.8) is 0 Å². The van der Waals surface area contributed by atoms with Crippen LogP contribution in [0, 0.1) is 0 Å². The van der Waals surface area contributed by atoms with Gasteiger partial charge in [-0.05, 0) is 39.7 Å². The van der Waals surface area contributed by atoms with Crippen LogP contribution < -0.4 is 0 Å². The molecule has 0 aromatic rings. The number of hydrogen-bond acceptors (Lipinski definition) is 3. The van der Waals surface area contributed by atoms with Crippen molar-refractivity contribution in [3.05, 3.63) is 0 Å². The van der Waals surface area contributed by atoms with Gasteiger partial charge in [0.1, 0.15) is 5.78 Å². The molecule has 1 aliphatic heterocycles. The number of likely N-dealkylation sites (N-methyl/N-ethyl adjacent to an activating group) is 1. The Morgan fingerprint density at radius 3 is 2.50 bits per heavy atom. The van der Waals surface area contributed by atoms with Crippen LogP contribution in [-0.4, -0.2) is 42.5 Å². The number of nitrogens with zero attached hydrogens (tertiary/aromatic N) is 1. The lowest BCUT2D eigenvalue weighted by molar-refractivity contribution is -0.121. The van der Waals surface area contributed by atoms with Crippen LogP contribution in [0.15, 0.2) is 0 Å². The molecule has 0 N–H and O–H groups in total. The molecule has 2 unspecified atom stereocenters. The van der Waals surface area contributed by atoms with Gasteiger partial charge in [-0.3, -0.25) is 4.79 Å². The van der Waals surface area contributed by atoms with Crippen molar-refractivity contribution in [2.45, 2.75) is 63.7 Å². The van der Waals surface area contributed by atoms with Crippen molar-refractivity contribution in [1.29, 1.82) is 0 Å². The highest BCUT2D eigenvalue weighted by atomic mass is 16.5. The van der Waals surface area contributed by atoms with E-state index in [-0.39, 0.29) is 0 Å². The third-order valence-electron chi connectivity index (χ3n) is 3.95. The molecule has 16 heavy (non-hydrogen) atoms. The minimum absolute atomic E-state index is 0.414. The monoisotopic (exact) mass is 225 g/mol. The summed E-state index contributed by atoms with van der Waals surface area (Å²) in [7, 11) is 2.17. The lowest BCUT2D eigenvalue weighted by atomic mass is 9.93. The van der Waals surface area contributed by atoms with Crippen LogP contribution in [0.3, 0.4) is 0 Å². The number of Topliss-reactive ketones (excluding diaryl/α,β-unsaturated/α-hetero) is 1. The maximum absolute atomic E-state index is 11.2. The van der Waals surface area contributed by atoms with Crippen molar-refractivity contribution in [1.82, 2.24) is 4.90 Å². The van der Waals surface area contributed by atoms with Crippen LogP contribution in [0.5, 0.6) is 0 Å². The molecule has 0 bridgehead atoms. The fourth-order valence-corrected chi connectivity index (χ4v) is 2.86. The van der Waals surface area contributed by atoms with Crippen LogP contribution in [0.25, 0.3) is 0 Å². The lowest BCUT2D eigenvalue weighted by Gasteiger charge is -2.32. The van der Waals surface area contributed by atoms with E-state index in [1.165, 1.54) is 12.8 Å². The Balaban J connectivity index is 1.75. The second-order valence-electron chi connectivity index (χ2n) is 5.36. The van der Waals surface area contributed by atoms with E-state index < -0.39 is 0 Å². The van der Waals surface area contributed by atoms with E-state index in [1.807, 2.05) is 0 Å². The molecular weight excluding hydrogens is 202 g/mol. The summed E-state index contributed by atoms with van der Waals surface area (Å²) in [5, 5.41) is 0. The normalized spacial score (nSPS) is 32.6. The SMILES string of the molecule is CC1CCC(CN(C)C2CCC(=O)CC2)O1. The first-order valence-electron chi connectivity index (χ1n) is 6.52. The van der Waals surface area contributed by atoms with Gasteiger partial charge in [0.15, 0.2) is 0 Å². The molecule has 0 aromatic carbocycles. The maximum atomic E-state index is 11.2. The highest BCUT2D eigenvalue weighted by Gasteiger charge is 2.27. The number of carbonyl (C=O) groups is 1. The van der Waals surface area contributed by atoms with Gasteiger partial charge in [0.25, 0.3) is 0 Å². The molecule has 1 saturated carbocycles. The Morgan fingerprint density at radius 2 is 1.94 bits per heavy atom. The Morgan fingerprint density at radius 1 is 1.25 bits per heavy atom. The second-order valence-corrected chi connectivity index (χ2v) is 5.36. The Hall–Kier alpha value is -0.410. The van der Waals surface area contributed by atoms with Crippen LogP contribution in [-0.2, 0) is 9.53 Å². The molecule has 1 heterocycles. The Labute approximate surface area is 98.1 Å². The summed E-state index contributed by atoms with van der Waals surface area (Å²) in [5.41, 5.74) is 0. The van der Waals surface area contributed by atoms with Gasteiger partial charge in [-0.15, -0.1) is 0 Å². The predicted octanol–water partition coefficient (Wildman–Crippen LogP) is 2.00. The predicted molar refractivity (Wildman–Crippen MR) is 63.5 cm³/mol. The van der Waals surface area contributed by atoms with Gasteiger partial charge in [0, 0.05) is 25.4 Å². The zero-order valence-electron chi connectivity index (χ0n) is 10.4. The average Bonchev–Trinajstić information content (AvgIpc) is 2.65. The van der Waals surface area contributed by atoms with E-state index in [9.17, 15) is 4.79 Å². The molecule has 0 spiro atoms. The smallest absolute Gasteiger partial charge is 0.133 e. The summed E-state index contributed by atoms with van der Waals surface area (Å²) >= 11 is 0. The molecule has 92 valence electrons. The zero-order valence-corrected chi connectivity index (χ0v) is 10.4. The summed E-state index contributed by atoms with van der Waals surface area (Å²) in [4.78, 5) is 13.6. The highest BCUT2D eigenvalue weighted by molar-refractivity contribution is 5.79. The lowest BCUT2D eigenvalue weighted by Crippen LogP contribution is -2.39. The number of hydrogen-bond donors (Lipinski definition) is 0. The summed E-state index contributed by atoms with van der Waals surface area (Å²) in [6, 6.07) is 0.595. The van der Waals surface area contributed by atoms with Crippen molar-refractivity contribution in [3.8, 4) is 0 Å². The van der Waals surface area contributed by atoms with Gasteiger partial charge >= 0.3 is 0 Å². The summed E-state index contributed by atoms with van der Waals surface area (Å²) in [6.07, 6.45) is 6.87. The average molecular weight is 225 g/mol. The molecule has 2 atom stereocenters. The molecule has 0 amide bonds. The van der Waals surface area contributed by atoms with Crippen LogP contribution >= 0.6 is 0 Å². The second kappa shape index (κ2) is 5.28. The van der Waals surface area contributed by atoms with Gasteiger partial charge in [-0.25, -0.2) is 0 Å². The van der Waals surface area contributed by atoms with E-state index in [0.29, 0.717) is 24.0 Å². The quantitative estimate of drug-likeness (QED) is 0.735. The topological polar surface area (TPSA) is 29.5 Å². The molecule has 2 aliphatic rings. The van der Waals surface area contributed by atoms with E-state index in [1.54, 1.807) is 0 Å². The fourth-order valence-electron chi connectivity index (χ4n) is 2.86. The van der Waals surface area contributed by atoms with Crippen molar-refractivity contribution < 1.29 is 9.53 Å².